The molecule has 0 spiro atoms. The van der Waals surface area contributed by atoms with Crippen molar-refractivity contribution in [1.82, 2.24) is 4.98 Å². The number of nitrogens with zero attached hydrogens (tertiary/aromatic N) is 1. The molecule has 0 aliphatic carbocycles. The summed E-state index contributed by atoms with van der Waals surface area (Å²) in [7, 11) is 0. The second kappa shape index (κ2) is 6.20. The van der Waals surface area contributed by atoms with Crippen LogP contribution >= 0.6 is 11.6 Å². The Balaban J connectivity index is 1.91. The summed E-state index contributed by atoms with van der Waals surface area (Å²) < 4.78 is 0. The van der Waals surface area contributed by atoms with Crippen LogP contribution in [0.1, 0.15) is 12.0 Å². The number of anilines is 1. The zero-order valence-electron chi connectivity index (χ0n) is 10.1. The van der Waals surface area contributed by atoms with Gasteiger partial charge in [0.15, 0.2) is 0 Å². The maximum absolute atomic E-state index is 11.8. The molecule has 0 bridgehead atoms. The van der Waals surface area contributed by atoms with Crippen molar-refractivity contribution in [2.45, 2.75) is 12.8 Å². The SMILES string of the molecule is O=C(CCc1cccnc1)Nc1ccc(O)cc1Cl. The number of carbonyl (C=O) groups is 1. The van der Waals surface area contributed by atoms with Crippen LogP contribution in [-0.2, 0) is 11.2 Å². The molecule has 5 heteroatoms. The van der Waals surface area contributed by atoms with Crippen molar-refractivity contribution in [1.29, 1.82) is 0 Å². The van der Waals surface area contributed by atoms with Crippen LogP contribution in [0.5, 0.6) is 5.75 Å². The molecular weight excluding hydrogens is 264 g/mol. The van der Waals surface area contributed by atoms with Crippen LogP contribution in [0.4, 0.5) is 5.69 Å². The van der Waals surface area contributed by atoms with Crippen molar-refractivity contribution in [3.8, 4) is 5.75 Å². The van der Waals surface area contributed by atoms with Gasteiger partial charge in [-0.05, 0) is 30.2 Å². The predicted molar refractivity (Wildman–Crippen MR) is 74.3 cm³/mol. The topological polar surface area (TPSA) is 62.2 Å². The van der Waals surface area contributed by atoms with Gasteiger partial charge in [-0.1, -0.05) is 17.7 Å². The Bertz CT molecular complexity index is 573. The van der Waals surface area contributed by atoms with Crippen molar-refractivity contribution in [3.63, 3.8) is 0 Å². The summed E-state index contributed by atoms with van der Waals surface area (Å²) >= 11 is 5.91. The van der Waals surface area contributed by atoms with E-state index in [1.165, 1.54) is 12.1 Å². The van der Waals surface area contributed by atoms with E-state index in [2.05, 4.69) is 10.3 Å². The lowest BCUT2D eigenvalue weighted by atomic mass is 10.1. The maximum Gasteiger partial charge on any atom is 0.224 e. The molecule has 2 N–H and O–H groups in total. The van der Waals surface area contributed by atoms with Gasteiger partial charge < -0.3 is 10.4 Å². The number of pyridine rings is 1. The van der Waals surface area contributed by atoms with E-state index in [0.717, 1.165) is 5.56 Å². The number of nitrogens with one attached hydrogen (secondary N) is 1. The molecule has 0 fully saturated rings. The van der Waals surface area contributed by atoms with Crippen molar-refractivity contribution >= 4 is 23.2 Å². The molecule has 2 rings (SSSR count). The molecule has 1 aromatic carbocycles. The first-order valence-corrected chi connectivity index (χ1v) is 6.20. The molecular formula is C14H13ClN2O2. The minimum absolute atomic E-state index is 0.0679. The van der Waals surface area contributed by atoms with Crippen LogP contribution in [0.3, 0.4) is 0 Å². The van der Waals surface area contributed by atoms with Gasteiger partial charge in [0.25, 0.3) is 0 Å². The fourth-order valence-electron chi connectivity index (χ4n) is 1.62. The van der Waals surface area contributed by atoms with Crippen molar-refractivity contribution in [2.75, 3.05) is 5.32 Å². The standard InChI is InChI=1S/C14H13ClN2O2/c15-12-8-11(18)4-5-13(12)17-14(19)6-3-10-2-1-7-16-9-10/h1-2,4-5,7-9,18H,3,6H2,(H,17,19). The van der Waals surface area contributed by atoms with E-state index in [1.54, 1.807) is 18.5 Å². The number of rotatable bonds is 4. The Labute approximate surface area is 116 Å². The van der Waals surface area contributed by atoms with Gasteiger partial charge in [-0.3, -0.25) is 9.78 Å². The number of hydrogen-bond donors (Lipinski definition) is 2. The van der Waals surface area contributed by atoms with Gasteiger partial charge in [0.05, 0.1) is 10.7 Å². The minimum atomic E-state index is -0.128. The Morgan fingerprint density at radius 1 is 1.37 bits per heavy atom. The number of hydrogen-bond acceptors (Lipinski definition) is 3. The molecule has 1 aromatic heterocycles. The third-order valence-electron chi connectivity index (χ3n) is 2.59. The summed E-state index contributed by atoms with van der Waals surface area (Å²) in [6.07, 6.45) is 4.40. The van der Waals surface area contributed by atoms with Crippen LogP contribution < -0.4 is 5.32 Å². The summed E-state index contributed by atoms with van der Waals surface area (Å²) in [6.45, 7) is 0. The molecule has 98 valence electrons. The monoisotopic (exact) mass is 276 g/mol. The Hall–Kier alpha value is -2.07. The van der Waals surface area contributed by atoms with Crippen molar-refractivity contribution in [3.05, 3.63) is 53.3 Å². The lowest BCUT2D eigenvalue weighted by Gasteiger charge is -2.07. The van der Waals surface area contributed by atoms with Crippen LogP contribution in [0.2, 0.25) is 5.02 Å². The van der Waals surface area contributed by atoms with Crippen LogP contribution in [0.25, 0.3) is 0 Å². The highest BCUT2D eigenvalue weighted by Crippen LogP contribution is 2.26. The van der Waals surface area contributed by atoms with Gasteiger partial charge in [0.1, 0.15) is 5.75 Å². The second-order valence-corrected chi connectivity index (χ2v) is 4.48. The first kappa shape index (κ1) is 13.4. The van der Waals surface area contributed by atoms with E-state index >= 15 is 0 Å². The fraction of sp³-hybridized carbons (Fsp3) is 0.143. The quantitative estimate of drug-likeness (QED) is 0.844. The number of aromatic hydroxyl groups is 1. The van der Waals surface area contributed by atoms with Gasteiger partial charge in [0.2, 0.25) is 5.91 Å². The minimum Gasteiger partial charge on any atom is -0.508 e. The predicted octanol–water partition coefficient (Wildman–Crippen LogP) is 3.01. The lowest BCUT2D eigenvalue weighted by molar-refractivity contribution is -0.116. The molecule has 0 saturated heterocycles. The first-order valence-electron chi connectivity index (χ1n) is 5.82. The zero-order chi connectivity index (χ0) is 13.7. The van der Waals surface area contributed by atoms with Gasteiger partial charge in [-0.2, -0.15) is 0 Å². The fourth-order valence-corrected chi connectivity index (χ4v) is 1.84. The van der Waals surface area contributed by atoms with Gasteiger partial charge in [0, 0.05) is 24.9 Å². The smallest absolute Gasteiger partial charge is 0.224 e. The Kier molecular flexibility index (Phi) is 4.36. The van der Waals surface area contributed by atoms with Gasteiger partial charge in [-0.15, -0.1) is 0 Å². The summed E-state index contributed by atoms with van der Waals surface area (Å²) in [5.74, 6) is -0.0604. The van der Waals surface area contributed by atoms with E-state index in [-0.39, 0.29) is 11.7 Å². The van der Waals surface area contributed by atoms with Crippen LogP contribution in [0.15, 0.2) is 42.7 Å². The van der Waals surface area contributed by atoms with E-state index in [1.807, 2.05) is 12.1 Å². The number of benzene rings is 1. The number of phenolic OH excluding ortho intramolecular Hbond substituents is 1. The number of halogens is 1. The van der Waals surface area contributed by atoms with Crippen LogP contribution in [-0.4, -0.2) is 16.0 Å². The molecule has 0 aliphatic rings. The summed E-state index contributed by atoms with van der Waals surface area (Å²) in [4.78, 5) is 15.8. The van der Waals surface area contributed by atoms with E-state index in [0.29, 0.717) is 23.6 Å². The lowest BCUT2D eigenvalue weighted by Crippen LogP contribution is -2.12. The third kappa shape index (κ3) is 3.96. The van der Waals surface area contributed by atoms with Crippen molar-refractivity contribution in [2.24, 2.45) is 0 Å². The van der Waals surface area contributed by atoms with Gasteiger partial charge >= 0.3 is 0 Å². The molecule has 4 nitrogen and oxygen atoms in total. The number of carbonyl (C=O) groups excluding carboxylic acids is 1. The second-order valence-electron chi connectivity index (χ2n) is 4.07. The van der Waals surface area contributed by atoms with Crippen LogP contribution in [0, 0.1) is 0 Å². The molecule has 0 radical (unpaired) electrons. The third-order valence-corrected chi connectivity index (χ3v) is 2.90. The number of aryl methyl sites for hydroxylation is 1. The number of aromatic nitrogens is 1. The number of amides is 1. The highest BCUT2D eigenvalue weighted by atomic mass is 35.5. The molecule has 1 amide bonds. The molecule has 0 unspecified atom stereocenters. The summed E-state index contributed by atoms with van der Waals surface area (Å²) in [5.41, 5.74) is 1.50. The summed E-state index contributed by atoms with van der Waals surface area (Å²) in [5, 5.41) is 12.2. The first-order chi connectivity index (χ1) is 9.15. The Morgan fingerprint density at radius 3 is 2.89 bits per heavy atom. The molecule has 19 heavy (non-hydrogen) atoms. The van der Waals surface area contributed by atoms with E-state index < -0.39 is 0 Å². The normalized spacial score (nSPS) is 10.2. The average molecular weight is 277 g/mol. The van der Waals surface area contributed by atoms with Crippen molar-refractivity contribution < 1.29 is 9.90 Å². The molecule has 0 saturated carbocycles. The highest BCUT2D eigenvalue weighted by Gasteiger charge is 2.06. The largest absolute Gasteiger partial charge is 0.508 e. The Morgan fingerprint density at radius 2 is 2.21 bits per heavy atom. The average Bonchev–Trinajstić information content (AvgIpc) is 2.41. The van der Waals surface area contributed by atoms with Gasteiger partial charge in [-0.25, -0.2) is 0 Å². The summed E-state index contributed by atoms with van der Waals surface area (Å²) in [6, 6.07) is 8.19. The van der Waals surface area contributed by atoms with E-state index in [4.69, 9.17) is 11.6 Å². The molecule has 0 aliphatic heterocycles. The maximum atomic E-state index is 11.8. The molecule has 1 heterocycles. The molecule has 0 atom stereocenters. The molecule has 2 aromatic rings. The van der Waals surface area contributed by atoms with E-state index in [9.17, 15) is 9.90 Å². The zero-order valence-corrected chi connectivity index (χ0v) is 10.9. The highest BCUT2D eigenvalue weighted by molar-refractivity contribution is 6.33. The number of phenols is 1.